The van der Waals surface area contributed by atoms with Crippen LogP contribution in [0.3, 0.4) is 0 Å². The molecule has 0 aromatic rings. The number of rotatable bonds is 5. The molecule has 0 heterocycles. The molecule has 0 aromatic carbocycles. The third-order valence-corrected chi connectivity index (χ3v) is 1.60. The van der Waals surface area contributed by atoms with Gasteiger partial charge in [0.05, 0.1) is 13.7 Å². The first-order valence-corrected chi connectivity index (χ1v) is 4.05. The maximum absolute atomic E-state index is 11.1. The summed E-state index contributed by atoms with van der Waals surface area (Å²) in [7, 11) is 1.36. The predicted molar refractivity (Wildman–Crippen MR) is 45.7 cm³/mol. The summed E-state index contributed by atoms with van der Waals surface area (Å²) in [5.41, 5.74) is 0. The van der Waals surface area contributed by atoms with Crippen LogP contribution < -0.4 is 5.32 Å². The minimum Gasteiger partial charge on any atom is -0.468 e. The Kier molecular flexibility index (Phi) is 5.66. The van der Waals surface area contributed by atoms with E-state index in [1.165, 1.54) is 7.11 Å². The molecule has 0 aliphatic rings. The topological polar surface area (TPSA) is 58.6 Å². The first kappa shape index (κ1) is 11.4. The number of hydrogen-bond acceptors (Lipinski definition) is 4. The van der Waals surface area contributed by atoms with E-state index in [2.05, 4.69) is 10.1 Å². The van der Waals surface area contributed by atoms with Gasteiger partial charge in [-0.15, -0.1) is 0 Å². The minimum absolute atomic E-state index is 0.0280. The Morgan fingerprint density at radius 1 is 1.58 bits per heavy atom. The molecule has 12 heavy (non-hydrogen) atoms. The lowest BCUT2D eigenvalue weighted by Crippen LogP contribution is -2.42. The van der Waals surface area contributed by atoms with Gasteiger partial charge in [0.1, 0.15) is 6.04 Å². The lowest BCUT2D eigenvalue weighted by molar-refractivity contribution is -0.144. The maximum atomic E-state index is 11.1. The molecule has 4 heteroatoms. The van der Waals surface area contributed by atoms with Crippen molar-refractivity contribution in [3.63, 3.8) is 0 Å². The largest absolute Gasteiger partial charge is 0.468 e. The van der Waals surface area contributed by atoms with Crippen molar-refractivity contribution in [2.75, 3.05) is 20.3 Å². The normalized spacial score (nSPS) is 13.1. The summed E-state index contributed by atoms with van der Waals surface area (Å²) in [6.07, 6.45) is 0. The second-order valence-corrected chi connectivity index (χ2v) is 2.92. The highest BCUT2D eigenvalue weighted by molar-refractivity contribution is 5.75. The number of carbonyl (C=O) groups is 1. The fourth-order valence-corrected chi connectivity index (χ4v) is 0.938. The number of carbonyl (C=O) groups excluding carboxylic acids is 1. The molecule has 0 rings (SSSR count). The Balaban J connectivity index is 3.95. The fraction of sp³-hybridized carbons (Fsp3) is 0.875. The van der Waals surface area contributed by atoms with E-state index in [0.717, 1.165) is 0 Å². The quantitative estimate of drug-likeness (QED) is 0.566. The monoisotopic (exact) mass is 175 g/mol. The average molecular weight is 175 g/mol. The molecular formula is C8H17NO3. The van der Waals surface area contributed by atoms with Gasteiger partial charge in [0.25, 0.3) is 0 Å². The second-order valence-electron chi connectivity index (χ2n) is 2.92. The average Bonchev–Trinajstić information content (AvgIpc) is 2.04. The van der Waals surface area contributed by atoms with Crippen molar-refractivity contribution in [1.82, 2.24) is 5.32 Å². The lowest BCUT2D eigenvalue weighted by Gasteiger charge is -2.18. The summed E-state index contributed by atoms with van der Waals surface area (Å²) in [4.78, 5) is 11.1. The zero-order chi connectivity index (χ0) is 9.56. The van der Waals surface area contributed by atoms with Crippen LogP contribution >= 0.6 is 0 Å². The van der Waals surface area contributed by atoms with Gasteiger partial charge in [0, 0.05) is 6.54 Å². The Hall–Kier alpha value is -0.610. The Morgan fingerprint density at radius 2 is 2.17 bits per heavy atom. The molecule has 0 spiro atoms. The Morgan fingerprint density at radius 3 is 2.50 bits per heavy atom. The van der Waals surface area contributed by atoms with Crippen LogP contribution in [0, 0.1) is 5.92 Å². The van der Waals surface area contributed by atoms with Crippen molar-refractivity contribution >= 4 is 5.97 Å². The number of ether oxygens (including phenoxy) is 1. The molecule has 0 unspecified atom stereocenters. The van der Waals surface area contributed by atoms with E-state index in [0.29, 0.717) is 6.54 Å². The van der Waals surface area contributed by atoms with Crippen molar-refractivity contribution in [3.05, 3.63) is 0 Å². The summed E-state index contributed by atoms with van der Waals surface area (Å²) >= 11 is 0. The van der Waals surface area contributed by atoms with Crippen molar-refractivity contribution in [3.8, 4) is 0 Å². The third-order valence-electron chi connectivity index (χ3n) is 1.60. The van der Waals surface area contributed by atoms with Gasteiger partial charge in [-0.05, 0) is 5.92 Å². The predicted octanol–water partition coefficient (Wildman–Crippen LogP) is -0.234. The van der Waals surface area contributed by atoms with Gasteiger partial charge in [-0.3, -0.25) is 4.79 Å². The molecule has 1 atom stereocenters. The first-order chi connectivity index (χ1) is 5.63. The molecule has 0 aliphatic heterocycles. The summed E-state index contributed by atoms with van der Waals surface area (Å²) in [5, 5.41) is 11.4. The fourth-order valence-electron chi connectivity index (χ4n) is 0.938. The van der Waals surface area contributed by atoms with Crippen LogP contribution in [0.15, 0.2) is 0 Å². The highest BCUT2D eigenvalue weighted by Crippen LogP contribution is 2.02. The highest BCUT2D eigenvalue weighted by atomic mass is 16.5. The number of aliphatic hydroxyl groups is 1. The zero-order valence-electron chi connectivity index (χ0n) is 7.83. The van der Waals surface area contributed by atoms with E-state index < -0.39 is 0 Å². The molecule has 0 fully saturated rings. The Labute approximate surface area is 72.9 Å². The van der Waals surface area contributed by atoms with E-state index in [4.69, 9.17) is 5.11 Å². The minimum atomic E-state index is -0.317. The summed E-state index contributed by atoms with van der Waals surface area (Å²) in [6, 6.07) is -0.317. The summed E-state index contributed by atoms with van der Waals surface area (Å²) in [5.74, 6) is -0.109. The summed E-state index contributed by atoms with van der Waals surface area (Å²) < 4.78 is 4.59. The molecule has 0 bridgehead atoms. The molecule has 0 saturated carbocycles. The number of methoxy groups -OCH3 is 1. The molecule has 0 aliphatic carbocycles. The van der Waals surface area contributed by atoms with Crippen LogP contribution in [0.25, 0.3) is 0 Å². The molecule has 72 valence electrons. The van der Waals surface area contributed by atoms with Crippen LogP contribution in [-0.2, 0) is 9.53 Å². The van der Waals surface area contributed by atoms with Crippen molar-refractivity contribution in [1.29, 1.82) is 0 Å². The van der Waals surface area contributed by atoms with E-state index in [9.17, 15) is 4.79 Å². The third kappa shape index (κ3) is 3.69. The van der Waals surface area contributed by atoms with Gasteiger partial charge >= 0.3 is 5.97 Å². The van der Waals surface area contributed by atoms with Crippen LogP contribution in [-0.4, -0.2) is 37.4 Å². The smallest absolute Gasteiger partial charge is 0.323 e. The maximum Gasteiger partial charge on any atom is 0.323 e. The van der Waals surface area contributed by atoms with Gasteiger partial charge < -0.3 is 15.2 Å². The van der Waals surface area contributed by atoms with Gasteiger partial charge in [-0.1, -0.05) is 13.8 Å². The van der Waals surface area contributed by atoms with Gasteiger partial charge in [-0.25, -0.2) is 0 Å². The van der Waals surface area contributed by atoms with Gasteiger partial charge in [-0.2, -0.15) is 0 Å². The van der Waals surface area contributed by atoms with Crippen molar-refractivity contribution in [2.24, 2.45) is 5.92 Å². The SMILES string of the molecule is COC(=O)[C@@H](NCCO)C(C)C. The van der Waals surface area contributed by atoms with E-state index >= 15 is 0 Å². The van der Waals surface area contributed by atoms with Crippen LogP contribution in [0.2, 0.25) is 0 Å². The molecule has 0 saturated heterocycles. The van der Waals surface area contributed by atoms with Gasteiger partial charge in [0.15, 0.2) is 0 Å². The standard InChI is InChI=1S/C8H17NO3/c1-6(2)7(8(11)12-3)9-4-5-10/h6-7,9-10H,4-5H2,1-3H3/t7-/m0/s1. The molecule has 2 N–H and O–H groups in total. The van der Waals surface area contributed by atoms with Crippen molar-refractivity contribution in [2.45, 2.75) is 19.9 Å². The summed E-state index contributed by atoms with van der Waals surface area (Å²) in [6.45, 7) is 4.29. The van der Waals surface area contributed by atoms with Crippen molar-refractivity contribution < 1.29 is 14.6 Å². The van der Waals surface area contributed by atoms with E-state index in [1.807, 2.05) is 13.8 Å². The number of nitrogens with one attached hydrogen (secondary N) is 1. The second kappa shape index (κ2) is 5.97. The highest BCUT2D eigenvalue weighted by Gasteiger charge is 2.21. The molecule has 0 aromatic heterocycles. The number of aliphatic hydroxyl groups excluding tert-OH is 1. The molecule has 4 nitrogen and oxygen atoms in total. The lowest BCUT2D eigenvalue weighted by atomic mass is 10.1. The molecular weight excluding hydrogens is 158 g/mol. The first-order valence-electron chi connectivity index (χ1n) is 4.05. The molecule has 0 radical (unpaired) electrons. The van der Waals surface area contributed by atoms with Crippen LogP contribution in [0.4, 0.5) is 0 Å². The van der Waals surface area contributed by atoms with Gasteiger partial charge in [0.2, 0.25) is 0 Å². The van der Waals surface area contributed by atoms with Crippen LogP contribution in [0.1, 0.15) is 13.8 Å². The van der Waals surface area contributed by atoms with E-state index in [1.54, 1.807) is 0 Å². The van der Waals surface area contributed by atoms with E-state index in [-0.39, 0.29) is 24.5 Å². The number of esters is 1. The zero-order valence-corrected chi connectivity index (χ0v) is 7.83. The number of hydrogen-bond donors (Lipinski definition) is 2. The Bertz CT molecular complexity index is 136. The van der Waals surface area contributed by atoms with Crippen LogP contribution in [0.5, 0.6) is 0 Å². The molecule has 0 amide bonds.